The first-order valence-corrected chi connectivity index (χ1v) is 11.2. The number of pyridine rings is 1. The number of imidazole rings is 1. The highest BCUT2D eigenvalue weighted by atomic mass is 16.2. The Hall–Kier alpha value is -3.19. The van der Waals surface area contributed by atoms with E-state index in [1.807, 2.05) is 41.0 Å². The molecule has 7 heteroatoms. The summed E-state index contributed by atoms with van der Waals surface area (Å²) in [7, 11) is 1.73. The third-order valence-electron chi connectivity index (χ3n) is 6.27. The zero-order valence-corrected chi connectivity index (χ0v) is 18.8. The summed E-state index contributed by atoms with van der Waals surface area (Å²) in [5, 5.41) is 3.06. The van der Waals surface area contributed by atoms with Crippen molar-refractivity contribution in [3.8, 4) is 11.4 Å². The van der Waals surface area contributed by atoms with Crippen molar-refractivity contribution in [3.63, 3.8) is 0 Å². The smallest absolute Gasteiger partial charge is 0.271 e. The second kappa shape index (κ2) is 9.53. The van der Waals surface area contributed by atoms with Crippen LogP contribution in [0.1, 0.15) is 47.3 Å². The number of benzene rings is 1. The molecule has 1 saturated carbocycles. The number of nitrogens with two attached hydrogens (primary N) is 1. The number of hydrogen-bond donors (Lipinski definition) is 2. The number of aromatic nitrogens is 3. The highest BCUT2D eigenvalue weighted by Crippen LogP contribution is 2.23. The minimum Gasteiger partial charge on any atom is -0.350 e. The maximum atomic E-state index is 12.9. The molecule has 32 heavy (non-hydrogen) atoms. The SMILES string of the molecule is Cc1cc(-c2nc(C(=O)NCC3CCC(N)CC3)cn2Cc2ccccc2)cn(C)c1=O. The first-order chi connectivity index (χ1) is 15.4. The molecule has 3 N–H and O–H groups in total. The van der Waals surface area contributed by atoms with E-state index in [2.05, 4.69) is 10.3 Å². The van der Waals surface area contributed by atoms with Gasteiger partial charge in [0.1, 0.15) is 11.5 Å². The molecule has 0 radical (unpaired) electrons. The normalized spacial score (nSPS) is 18.5. The third-order valence-corrected chi connectivity index (χ3v) is 6.27. The van der Waals surface area contributed by atoms with Gasteiger partial charge in [-0.2, -0.15) is 0 Å². The van der Waals surface area contributed by atoms with Crippen LogP contribution < -0.4 is 16.6 Å². The fourth-order valence-electron chi connectivity index (χ4n) is 4.38. The molecule has 1 fully saturated rings. The summed E-state index contributed by atoms with van der Waals surface area (Å²) in [6.07, 6.45) is 7.70. The van der Waals surface area contributed by atoms with Crippen LogP contribution in [0.15, 0.2) is 53.6 Å². The number of amides is 1. The summed E-state index contributed by atoms with van der Waals surface area (Å²) in [5.41, 5.74) is 8.89. The second-order valence-corrected chi connectivity index (χ2v) is 8.88. The standard InChI is InChI=1S/C25H31N5O2/c1-17-12-20(15-29(2)25(17)32)23-28-22(16-30(23)14-19-6-4-3-5-7-19)24(31)27-13-18-8-10-21(26)11-9-18/h3-7,12,15-16,18,21H,8-11,13-14,26H2,1-2H3,(H,27,31). The van der Waals surface area contributed by atoms with E-state index in [4.69, 9.17) is 5.73 Å². The van der Waals surface area contributed by atoms with E-state index in [9.17, 15) is 9.59 Å². The van der Waals surface area contributed by atoms with Crippen LogP contribution in [0.4, 0.5) is 0 Å². The molecule has 0 spiro atoms. The van der Waals surface area contributed by atoms with Crippen molar-refractivity contribution >= 4 is 5.91 Å². The number of aryl methyl sites for hydroxylation is 2. The molecule has 0 unspecified atom stereocenters. The van der Waals surface area contributed by atoms with Gasteiger partial charge in [0.05, 0.1) is 0 Å². The van der Waals surface area contributed by atoms with Gasteiger partial charge in [-0.05, 0) is 50.2 Å². The van der Waals surface area contributed by atoms with Crippen LogP contribution >= 0.6 is 0 Å². The predicted molar refractivity (Wildman–Crippen MR) is 125 cm³/mol. The summed E-state index contributed by atoms with van der Waals surface area (Å²) >= 11 is 0. The van der Waals surface area contributed by atoms with Gasteiger partial charge in [0, 0.05) is 49.7 Å². The van der Waals surface area contributed by atoms with Gasteiger partial charge in [-0.3, -0.25) is 9.59 Å². The minimum atomic E-state index is -0.172. The fraction of sp³-hybridized carbons (Fsp3) is 0.400. The molecule has 0 saturated heterocycles. The lowest BCUT2D eigenvalue weighted by molar-refractivity contribution is 0.0938. The molecule has 1 aliphatic rings. The molecule has 168 valence electrons. The van der Waals surface area contributed by atoms with Crippen molar-refractivity contribution in [2.45, 2.75) is 45.2 Å². The van der Waals surface area contributed by atoms with E-state index in [0.717, 1.165) is 36.8 Å². The zero-order valence-electron chi connectivity index (χ0n) is 18.8. The average molecular weight is 434 g/mol. The molecular formula is C25H31N5O2. The first-order valence-electron chi connectivity index (χ1n) is 11.2. The molecular weight excluding hydrogens is 402 g/mol. The molecule has 0 aliphatic heterocycles. The second-order valence-electron chi connectivity index (χ2n) is 8.88. The number of rotatable bonds is 6. The lowest BCUT2D eigenvalue weighted by Crippen LogP contribution is -2.34. The van der Waals surface area contributed by atoms with Crippen LogP contribution in [-0.4, -0.2) is 32.6 Å². The average Bonchev–Trinajstić information content (AvgIpc) is 3.21. The maximum Gasteiger partial charge on any atom is 0.271 e. The Bertz CT molecular complexity index is 1110. The van der Waals surface area contributed by atoms with Gasteiger partial charge >= 0.3 is 0 Å². The third kappa shape index (κ3) is 4.99. The summed E-state index contributed by atoms with van der Waals surface area (Å²) < 4.78 is 3.53. The fourth-order valence-corrected chi connectivity index (χ4v) is 4.38. The van der Waals surface area contributed by atoms with Crippen LogP contribution in [0.5, 0.6) is 0 Å². The molecule has 2 aromatic heterocycles. The Morgan fingerprint density at radius 1 is 1.16 bits per heavy atom. The van der Waals surface area contributed by atoms with Gasteiger partial charge < -0.3 is 20.2 Å². The molecule has 0 atom stereocenters. The van der Waals surface area contributed by atoms with Gasteiger partial charge in [-0.1, -0.05) is 30.3 Å². The molecule has 4 rings (SSSR count). The maximum absolute atomic E-state index is 12.9. The largest absolute Gasteiger partial charge is 0.350 e. The lowest BCUT2D eigenvalue weighted by atomic mass is 9.86. The predicted octanol–water partition coefficient (Wildman–Crippen LogP) is 2.85. The summed E-state index contributed by atoms with van der Waals surface area (Å²) in [4.78, 5) is 29.8. The van der Waals surface area contributed by atoms with E-state index in [1.54, 1.807) is 30.9 Å². The summed E-state index contributed by atoms with van der Waals surface area (Å²) in [5.74, 6) is 0.965. The van der Waals surface area contributed by atoms with E-state index in [1.165, 1.54) is 0 Å². The highest BCUT2D eigenvalue weighted by Gasteiger charge is 2.21. The Morgan fingerprint density at radius 2 is 1.88 bits per heavy atom. The molecule has 1 aromatic carbocycles. The van der Waals surface area contributed by atoms with Gasteiger partial charge in [0.25, 0.3) is 11.5 Å². The molecule has 1 aliphatic carbocycles. The molecule has 3 aromatic rings. The monoisotopic (exact) mass is 433 g/mol. The molecule has 0 bridgehead atoms. The van der Waals surface area contributed by atoms with Gasteiger partial charge in [0.15, 0.2) is 0 Å². The number of hydrogen-bond acceptors (Lipinski definition) is 4. The topological polar surface area (TPSA) is 94.9 Å². The minimum absolute atomic E-state index is 0.0416. The van der Waals surface area contributed by atoms with E-state index >= 15 is 0 Å². The summed E-state index contributed by atoms with van der Waals surface area (Å²) in [6, 6.07) is 12.2. The van der Waals surface area contributed by atoms with Crippen molar-refractivity contribution in [3.05, 3.63) is 76.0 Å². The van der Waals surface area contributed by atoms with Crippen LogP contribution in [0.25, 0.3) is 11.4 Å². The van der Waals surface area contributed by atoms with E-state index in [-0.39, 0.29) is 11.5 Å². The molecule has 2 heterocycles. The van der Waals surface area contributed by atoms with Crippen molar-refractivity contribution in [1.29, 1.82) is 0 Å². The Morgan fingerprint density at radius 3 is 2.56 bits per heavy atom. The Labute approximate surface area is 188 Å². The Balaban J connectivity index is 1.60. The number of carbonyl (C=O) groups is 1. The van der Waals surface area contributed by atoms with Gasteiger partial charge in [-0.15, -0.1) is 0 Å². The van der Waals surface area contributed by atoms with Gasteiger partial charge in [-0.25, -0.2) is 4.98 Å². The van der Waals surface area contributed by atoms with Crippen LogP contribution in [0.2, 0.25) is 0 Å². The number of nitrogens with one attached hydrogen (secondary N) is 1. The zero-order chi connectivity index (χ0) is 22.7. The van der Waals surface area contributed by atoms with Crippen molar-refractivity contribution in [1.82, 2.24) is 19.4 Å². The number of nitrogens with zero attached hydrogens (tertiary/aromatic N) is 3. The number of carbonyl (C=O) groups excluding carboxylic acids is 1. The molecule has 1 amide bonds. The molecule has 7 nitrogen and oxygen atoms in total. The van der Waals surface area contributed by atoms with Crippen molar-refractivity contribution < 1.29 is 4.79 Å². The van der Waals surface area contributed by atoms with E-state index < -0.39 is 0 Å². The van der Waals surface area contributed by atoms with Gasteiger partial charge in [0.2, 0.25) is 0 Å². The van der Waals surface area contributed by atoms with Crippen LogP contribution in [0, 0.1) is 12.8 Å². The quantitative estimate of drug-likeness (QED) is 0.625. The lowest BCUT2D eigenvalue weighted by Gasteiger charge is -2.25. The van der Waals surface area contributed by atoms with E-state index in [0.29, 0.717) is 42.1 Å². The van der Waals surface area contributed by atoms with Crippen molar-refractivity contribution in [2.75, 3.05) is 6.54 Å². The van der Waals surface area contributed by atoms with Crippen LogP contribution in [0.3, 0.4) is 0 Å². The highest BCUT2D eigenvalue weighted by molar-refractivity contribution is 5.92. The first kappa shape index (κ1) is 22.0. The Kier molecular flexibility index (Phi) is 6.55. The van der Waals surface area contributed by atoms with Crippen LogP contribution in [-0.2, 0) is 13.6 Å². The van der Waals surface area contributed by atoms with Crippen molar-refractivity contribution in [2.24, 2.45) is 18.7 Å². The summed E-state index contributed by atoms with van der Waals surface area (Å²) in [6.45, 7) is 3.02.